The van der Waals surface area contributed by atoms with Crippen LogP contribution in [-0.4, -0.2) is 46.2 Å². The fourth-order valence-electron chi connectivity index (χ4n) is 2.61. The molecule has 0 bridgehead atoms. The van der Waals surface area contributed by atoms with Gasteiger partial charge in [-0.2, -0.15) is 0 Å². The summed E-state index contributed by atoms with van der Waals surface area (Å²) in [5, 5.41) is 3.51. The molecule has 6 heteroatoms. The molecule has 1 aromatic rings. The standard InChI is InChI=1S/C13H18N4OS/c1-8-14-10-5-6-19-12(10)13(15-8)16-9-3-4-11(18)17(2)7-9/h9H,3-7H2,1-2H3,(H,14,15,16)/t9-/m0/s1. The second-order valence-corrected chi connectivity index (χ2v) is 6.25. The third-order valence-electron chi connectivity index (χ3n) is 3.60. The normalized spacial score (nSPS) is 22.5. The molecule has 3 rings (SSSR count). The van der Waals surface area contributed by atoms with Gasteiger partial charge in [-0.25, -0.2) is 9.97 Å². The van der Waals surface area contributed by atoms with Crippen molar-refractivity contribution in [1.82, 2.24) is 14.9 Å². The van der Waals surface area contributed by atoms with E-state index in [0.29, 0.717) is 12.5 Å². The lowest BCUT2D eigenvalue weighted by atomic mass is 10.1. The van der Waals surface area contributed by atoms with Crippen LogP contribution in [0.25, 0.3) is 0 Å². The van der Waals surface area contributed by atoms with E-state index in [2.05, 4.69) is 15.3 Å². The summed E-state index contributed by atoms with van der Waals surface area (Å²) in [6.07, 6.45) is 2.53. The molecular weight excluding hydrogens is 260 g/mol. The molecule has 3 heterocycles. The van der Waals surface area contributed by atoms with E-state index in [0.717, 1.165) is 36.8 Å². The van der Waals surface area contributed by atoms with Crippen LogP contribution in [0.2, 0.25) is 0 Å². The lowest BCUT2D eigenvalue weighted by Crippen LogP contribution is -2.43. The van der Waals surface area contributed by atoms with Crippen LogP contribution in [0.15, 0.2) is 4.90 Å². The Labute approximate surface area is 117 Å². The minimum atomic E-state index is 0.233. The van der Waals surface area contributed by atoms with E-state index in [1.165, 1.54) is 10.6 Å². The SMILES string of the molecule is Cc1nc2c(c(N[C@H]3CCC(=O)N(C)C3)n1)SCC2. The fraction of sp³-hybridized carbons (Fsp3) is 0.615. The van der Waals surface area contributed by atoms with Crippen molar-refractivity contribution in [3.8, 4) is 0 Å². The first-order valence-electron chi connectivity index (χ1n) is 6.64. The van der Waals surface area contributed by atoms with Crippen LogP contribution in [0, 0.1) is 6.92 Å². The predicted molar refractivity (Wildman–Crippen MR) is 75.5 cm³/mol. The van der Waals surface area contributed by atoms with Crippen molar-refractivity contribution in [2.24, 2.45) is 0 Å². The van der Waals surface area contributed by atoms with Crippen molar-refractivity contribution in [1.29, 1.82) is 0 Å². The van der Waals surface area contributed by atoms with Gasteiger partial charge in [-0.05, 0) is 13.3 Å². The van der Waals surface area contributed by atoms with Gasteiger partial charge < -0.3 is 10.2 Å². The second kappa shape index (κ2) is 5.00. The number of likely N-dealkylation sites (N-methyl/N-ethyl adjacent to an activating group) is 1. The largest absolute Gasteiger partial charge is 0.364 e. The number of hydrogen-bond donors (Lipinski definition) is 1. The molecule has 1 fully saturated rings. The highest BCUT2D eigenvalue weighted by atomic mass is 32.2. The van der Waals surface area contributed by atoms with E-state index < -0.39 is 0 Å². The van der Waals surface area contributed by atoms with Crippen LogP contribution < -0.4 is 5.32 Å². The number of thioether (sulfide) groups is 1. The number of carbonyl (C=O) groups excluding carboxylic acids is 1. The van der Waals surface area contributed by atoms with E-state index in [1.54, 1.807) is 4.90 Å². The van der Waals surface area contributed by atoms with Crippen molar-refractivity contribution in [3.05, 3.63) is 11.5 Å². The van der Waals surface area contributed by atoms with E-state index in [9.17, 15) is 4.79 Å². The van der Waals surface area contributed by atoms with Gasteiger partial charge in [-0.15, -0.1) is 11.8 Å². The highest BCUT2D eigenvalue weighted by molar-refractivity contribution is 7.99. The number of carbonyl (C=O) groups is 1. The zero-order valence-electron chi connectivity index (χ0n) is 11.3. The monoisotopic (exact) mass is 278 g/mol. The molecule has 0 unspecified atom stereocenters. The summed E-state index contributed by atoms with van der Waals surface area (Å²) in [6, 6.07) is 0.294. The van der Waals surface area contributed by atoms with Gasteiger partial charge in [0, 0.05) is 38.2 Å². The Hall–Kier alpha value is -1.30. The molecule has 2 aliphatic rings. The number of nitrogens with one attached hydrogen (secondary N) is 1. The molecular formula is C13H18N4OS. The summed E-state index contributed by atoms with van der Waals surface area (Å²) >= 11 is 1.83. The average Bonchev–Trinajstić information content (AvgIpc) is 2.82. The van der Waals surface area contributed by atoms with Gasteiger partial charge in [0.1, 0.15) is 11.6 Å². The fourth-order valence-corrected chi connectivity index (χ4v) is 3.67. The van der Waals surface area contributed by atoms with Gasteiger partial charge in [0.2, 0.25) is 5.91 Å². The first-order valence-corrected chi connectivity index (χ1v) is 7.63. The lowest BCUT2D eigenvalue weighted by molar-refractivity contribution is -0.132. The Kier molecular flexibility index (Phi) is 3.35. The highest BCUT2D eigenvalue weighted by Gasteiger charge is 2.25. The molecule has 0 aliphatic carbocycles. The van der Waals surface area contributed by atoms with E-state index >= 15 is 0 Å². The maximum atomic E-state index is 11.5. The van der Waals surface area contributed by atoms with Crippen LogP contribution >= 0.6 is 11.8 Å². The van der Waals surface area contributed by atoms with Crippen LogP contribution in [0.4, 0.5) is 5.82 Å². The number of fused-ring (bicyclic) bond motifs is 1. The zero-order valence-corrected chi connectivity index (χ0v) is 12.1. The summed E-state index contributed by atoms with van der Waals surface area (Å²) < 4.78 is 0. The quantitative estimate of drug-likeness (QED) is 0.887. The number of piperidine rings is 1. The molecule has 1 amide bonds. The number of amides is 1. The summed E-state index contributed by atoms with van der Waals surface area (Å²) in [5.41, 5.74) is 1.17. The molecule has 1 aromatic heterocycles. The van der Waals surface area contributed by atoms with Gasteiger partial charge in [0.15, 0.2) is 0 Å². The van der Waals surface area contributed by atoms with E-state index in [-0.39, 0.29) is 5.91 Å². The number of anilines is 1. The third kappa shape index (κ3) is 2.54. The molecule has 1 atom stereocenters. The van der Waals surface area contributed by atoms with Crippen molar-refractivity contribution >= 4 is 23.5 Å². The summed E-state index contributed by atoms with van der Waals surface area (Å²) in [5.74, 6) is 3.10. The maximum Gasteiger partial charge on any atom is 0.222 e. The summed E-state index contributed by atoms with van der Waals surface area (Å²) in [7, 11) is 1.86. The van der Waals surface area contributed by atoms with Crippen LogP contribution in [0.1, 0.15) is 24.4 Å². The Morgan fingerprint density at radius 2 is 2.21 bits per heavy atom. The third-order valence-corrected chi connectivity index (χ3v) is 4.73. The topological polar surface area (TPSA) is 58.1 Å². The number of hydrogen-bond acceptors (Lipinski definition) is 5. The number of aryl methyl sites for hydroxylation is 2. The smallest absolute Gasteiger partial charge is 0.222 e. The highest BCUT2D eigenvalue weighted by Crippen LogP contribution is 2.35. The Bertz CT molecular complexity index is 520. The Morgan fingerprint density at radius 1 is 1.37 bits per heavy atom. The minimum Gasteiger partial charge on any atom is -0.364 e. The van der Waals surface area contributed by atoms with Crippen molar-refractivity contribution in [2.45, 2.75) is 37.1 Å². The molecule has 102 valence electrons. The second-order valence-electron chi connectivity index (χ2n) is 5.15. The molecule has 5 nitrogen and oxygen atoms in total. The number of aromatic nitrogens is 2. The average molecular weight is 278 g/mol. The van der Waals surface area contributed by atoms with Gasteiger partial charge in [-0.1, -0.05) is 0 Å². The molecule has 0 radical (unpaired) electrons. The van der Waals surface area contributed by atoms with Crippen LogP contribution in [-0.2, 0) is 11.2 Å². The zero-order chi connectivity index (χ0) is 13.4. The van der Waals surface area contributed by atoms with Crippen molar-refractivity contribution < 1.29 is 4.79 Å². The van der Waals surface area contributed by atoms with E-state index in [1.807, 2.05) is 25.7 Å². The van der Waals surface area contributed by atoms with Gasteiger partial charge >= 0.3 is 0 Å². The summed E-state index contributed by atoms with van der Waals surface area (Å²) in [4.78, 5) is 23.5. The van der Waals surface area contributed by atoms with Crippen LogP contribution in [0.5, 0.6) is 0 Å². The number of likely N-dealkylation sites (tertiary alicyclic amines) is 1. The van der Waals surface area contributed by atoms with E-state index in [4.69, 9.17) is 0 Å². The molecule has 0 spiro atoms. The molecule has 1 N–H and O–H groups in total. The lowest BCUT2D eigenvalue weighted by Gasteiger charge is -2.30. The van der Waals surface area contributed by atoms with Gasteiger partial charge in [-0.3, -0.25) is 4.79 Å². The van der Waals surface area contributed by atoms with Crippen molar-refractivity contribution in [2.75, 3.05) is 24.7 Å². The Morgan fingerprint density at radius 3 is 3.00 bits per heavy atom. The minimum absolute atomic E-state index is 0.233. The molecule has 2 aliphatic heterocycles. The molecule has 0 aromatic carbocycles. The maximum absolute atomic E-state index is 11.5. The van der Waals surface area contributed by atoms with Gasteiger partial charge in [0.25, 0.3) is 0 Å². The Balaban J connectivity index is 1.79. The number of nitrogens with zero attached hydrogens (tertiary/aromatic N) is 3. The summed E-state index contributed by atoms with van der Waals surface area (Å²) in [6.45, 7) is 2.69. The molecule has 19 heavy (non-hydrogen) atoms. The van der Waals surface area contributed by atoms with Crippen molar-refractivity contribution in [3.63, 3.8) is 0 Å². The predicted octanol–water partition coefficient (Wildman–Crippen LogP) is 1.47. The van der Waals surface area contributed by atoms with Gasteiger partial charge in [0.05, 0.1) is 10.6 Å². The molecule has 1 saturated heterocycles. The molecule has 0 saturated carbocycles. The first-order chi connectivity index (χ1) is 9.13. The number of rotatable bonds is 2. The first kappa shape index (κ1) is 12.7. The van der Waals surface area contributed by atoms with Crippen LogP contribution in [0.3, 0.4) is 0 Å².